The number of rotatable bonds is 7. The molecule has 0 amide bonds. The number of ether oxygens (including phenoxy) is 2. The molecule has 0 radical (unpaired) electrons. The fourth-order valence-electron chi connectivity index (χ4n) is 2.96. The van der Waals surface area contributed by atoms with Crippen molar-refractivity contribution in [2.75, 3.05) is 12.3 Å². The molecule has 2 aromatic rings. The summed E-state index contributed by atoms with van der Waals surface area (Å²) in [5, 5.41) is 10.5. The summed E-state index contributed by atoms with van der Waals surface area (Å²) in [6, 6.07) is 0. The van der Waals surface area contributed by atoms with Crippen LogP contribution in [0.5, 0.6) is 0 Å². The van der Waals surface area contributed by atoms with Crippen LogP contribution >= 0.6 is 0 Å². The first-order valence-electron chi connectivity index (χ1n) is 8.16. The van der Waals surface area contributed by atoms with Gasteiger partial charge in [-0.1, -0.05) is 13.0 Å². The van der Waals surface area contributed by atoms with Crippen LogP contribution in [0.4, 0.5) is 5.82 Å². The fraction of sp³-hybridized carbons (Fsp3) is 0.562. The van der Waals surface area contributed by atoms with Crippen molar-refractivity contribution in [1.82, 2.24) is 19.5 Å². The van der Waals surface area contributed by atoms with Crippen LogP contribution in [0.25, 0.3) is 11.2 Å². The molecule has 3 N–H and O–H groups in total. The van der Waals surface area contributed by atoms with E-state index in [1.54, 1.807) is 10.9 Å². The summed E-state index contributed by atoms with van der Waals surface area (Å²) in [4.78, 5) is 12.5. The average Bonchev–Trinajstić information content (AvgIpc) is 3.14. The van der Waals surface area contributed by atoms with Crippen LogP contribution < -0.4 is 5.73 Å². The normalized spacial score (nSPS) is 26.9. The molecule has 0 bridgehead atoms. The summed E-state index contributed by atoms with van der Waals surface area (Å²) in [6.07, 6.45) is 5.23. The van der Waals surface area contributed by atoms with E-state index in [0.717, 1.165) is 12.8 Å². The molecule has 1 fully saturated rings. The molecule has 0 spiro atoms. The third-order valence-electron chi connectivity index (χ3n) is 4.24. The Bertz CT molecular complexity index is 704. The molecule has 3 rings (SSSR count). The molecule has 4 atom stereocenters. The van der Waals surface area contributed by atoms with E-state index < -0.39 is 18.4 Å². The molecule has 2 aromatic heterocycles. The first-order chi connectivity index (χ1) is 11.7. The number of unbranched alkanes of at least 4 members (excludes halogenated alkanes) is 1. The zero-order valence-electron chi connectivity index (χ0n) is 13.7. The van der Waals surface area contributed by atoms with Crippen LogP contribution in [-0.4, -0.2) is 49.5 Å². The molecule has 1 aliphatic heterocycles. The van der Waals surface area contributed by atoms with Gasteiger partial charge in [-0.3, -0.25) is 4.57 Å². The van der Waals surface area contributed by atoms with Crippen molar-refractivity contribution < 1.29 is 14.6 Å². The third kappa shape index (κ3) is 3.00. The zero-order chi connectivity index (χ0) is 17.1. The van der Waals surface area contributed by atoms with Crippen LogP contribution in [0.1, 0.15) is 32.4 Å². The maximum absolute atomic E-state index is 10.5. The van der Waals surface area contributed by atoms with Gasteiger partial charge >= 0.3 is 0 Å². The van der Waals surface area contributed by atoms with E-state index >= 15 is 0 Å². The smallest absolute Gasteiger partial charge is 0.167 e. The zero-order valence-corrected chi connectivity index (χ0v) is 13.7. The van der Waals surface area contributed by atoms with Crippen LogP contribution in [0.15, 0.2) is 25.3 Å². The standard InChI is InChI=1S/C16H23N5O3/c1-3-5-6-7-23-13-12(22)10(4-2)24-16(13)21-9-20-11-14(17)18-8-19-15(11)21/h3,8-10,12-13,16,22H,1,4-7H2,2H3,(H2,17,18,19)/t10-,12?,13+,16-/m1/s1. The second-order valence-corrected chi connectivity index (χ2v) is 5.81. The van der Waals surface area contributed by atoms with Crippen molar-refractivity contribution in [2.45, 2.75) is 50.7 Å². The van der Waals surface area contributed by atoms with Crippen molar-refractivity contribution in [2.24, 2.45) is 0 Å². The minimum absolute atomic E-state index is 0.295. The molecule has 1 saturated heterocycles. The first kappa shape index (κ1) is 16.8. The van der Waals surface area contributed by atoms with E-state index in [0.29, 0.717) is 30.0 Å². The minimum Gasteiger partial charge on any atom is -0.388 e. The highest BCUT2D eigenvalue weighted by Gasteiger charge is 2.45. The number of fused-ring (bicyclic) bond motifs is 1. The summed E-state index contributed by atoms with van der Waals surface area (Å²) in [6.45, 7) is 6.19. The Morgan fingerprint density at radius 2 is 2.29 bits per heavy atom. The van der Waals surface area contributed by atoms with E-state index in [1.165, 1.54) is 6.33 Å². The highest BCUT2D eigenvalue weighted by atomic mass is 16.6. The van der Waals surface area contributed by atoms with Crippen molar-refractivity contribution in [3.05, 3.63) is 25.3 Å². The Hall–Kier alpha value is -2.03. The predicted octanol–water partition coefficient (Wildman–Crippen LogP) is 1.43. The van der Waals surface area contributed by atoms with E-state index in [1.807, 2.05) is 13.0 Å². The molecule has 1 aliphatic rings. The molecular weight excluding hydrogens is 310 g/mol. The van der Waals surface area contributed by atoms with Crippen LogP contribution in [0.2, 0.25) is 0 Å². The molecule has 0 saturated carbocycles. The van der Waals surface area contributed by atoms with Gasteiger partial charge in [-0.05, 0) is 19.3 Å². The average molecular weight is 333 g/mol. The second kappa shape index (κ2) is 7.25. The lowest BCUT2D eigenvalue weighted by Gasteiger charge is -2.22. The molecule has 0 aliphatic carbocycles. The number of aromatic nitrogens is 4. The molecule has 1 unspecified atom stereocenters. The topological polar surface area (TPSA) is 108 Å². The number of nitrogen functional groups attached to an aromatic ring is 1. The Morgan fingerprint density at radius 1 is 1.46 bits per heavy atom. The first-order valence-corrected chi connectivity index (χ1v) is 8.16. The summed E-state index contributed by atoms with van der Waals surface area (Å²) < 4.78 is 13.7. The second-order valence-electron chi connectivity index (χ2n) is 5.81. The van der Waals surface area contributed by atoms with Crippen molar-refractivity contribution in [1.29, 1.82) is 0 Å². The van der Waals surface area contributed by atoms with Gasteiger partial charge in [0.2, 0.25) is 0 Å². The third-order valence-corrected chi connectivity index (χ3v) is 4.24. The number of anilines is 1. The minimum atomic E-state index is -0.708. The number of aliphatic hydroxyl groups is 1. The van der Waals surface area contributed by atoms with E-state index in [4.69, 9.17) is 15.2 Å². The fourth-order valence-corrected chi connectivity index (χ4v) is 2.96. The van der Waals surface area contributed by atoms with Crippen molar-refractivity contribution >= 4 is 17.0 Å². The van der Waals surface area contributed by atoms with E-state index in [9.17, 15) is 5.11 Å². The largest absolute Gasteiger partial charge is 0.388 e. The molecular formula is C16H23N5O3. The number of hydrogen-bond acceptors (Lipinski definition) is 7. The lowest BCUT2D eigenvalue weighted by atomic mass is 10.1. The van der Waals surface area contributed by atoms with Gasteiger partial charge in [-0.15, -0.1) is 6.58 Å². The van der Waals surface area contributed by atoms with Crippen LogP contribution in [0, 0.1) is 0 Å². The Balaban J connectivity index is 1.87. The summed E-state index contributed by atoms with van der Waals surface area (Å²) in [5.74, 6) is 0.313. The van der Waals surface area contributed by atoms with Gasteiger partial charge < -0.3 is 20.3 Å². The quantitative estimate of drug-likeness (QED) is 0.583. The molecule has 130 valence electrons. The number of aliphatic hydroxyl groups excluding tert-OH is 1. The van der Waals surface area contributed by atoms with E-state index in [-0.39, 0.29) is 6.10 Å². The Morgan fingerprint density at radius 3 is 3.04 bits per heavy atom. The van der Waals surface area contributed by atoms with Gasteiger partial charge in [0.15, 0.2) is 17.7 Å². The molecule has 0 aromatic carbocycles. The molecule has 8 heteroatoms. The number of nitrogens with two attached hydrogens (primary N) is 1. The van der Waals surface area contributed by atoms with Crippen molar-refractivity contribution in [3.8, 4) is 0 Å². The van der Waals surface area contributed by atoms with Gasteiger partial charge in [-0.2, -0.15) is 0 Å². The van der Waals surface area contributed by atoms with Crippen LogP contribution in [0.3, 0.4) is 0 Å². The summed E-state index contributed by atoms with van der Waals surface area (Å²) >= 11 is 0. The molecule has 3 heterocycles. The number of nitrogens with zero attached hydrogens (tertiary/aromatic N) is 4. The van der Waals surface area contributed by atoms with Crippen molar-refractivity contribution in [3.63, 3.8) is 0 Å². The number of allylic oxidation sites excluding steroid dienone is 1. The summed E-state index contributed by atoms with van der Waals surface area (Å²) in [5.41, 5.74) is 6.92. The van der Waals surface area contributed by atoms with E-state index in [2.05, 4.69) is 21.5 Å². The van der Waals surface area contributed by atoms with Gasteiger partial charge in [0.25, 0.3) is 0 Å². The molecule has 8 nitrogen and oxygen atoms in total. The van der Waals surface area contributed by atoms with Crippen LogP contribution in [-0.2, 0) is 9.47 Å². The maximum Gasteiger partial charge on any atom is 0.167 e. The van der Waals surface area contributed by atoms with Gasteiger partial charge in [0, 0.05) is 6.61 Å². The lowest BCUT2D eigenvalue weighted by Crippen LogP contribution is -2.34. The maximum atomic E-state index is 10.5. The number of hydrogen-bond donors (Lipinski definition) is 2. The Labute approximate surface area is 140 Å². The number of imidazole rings is 1. The highest BCUT2D eigenvalue weighted by Crippen LogP contribution is 2.35. The van der Waals surface area contributed by atoms with Gasteiger partial charge in [0.1, 0.15) is 24.1 Å². The SMILES string of the molecule is C=CCCCO[C@H]1C(O)[C@@H](CC)O[C@H]1n1cnc2c(N)ncnc21. The lowest BCUT2D eigenvalue weighted by molar-refractivity contribution is -0.0673. The predicted molar refractivity (Wildman–Crippen MR) is 89.1 cm³/mol. The highest BCUT2D eigenvalue weighted by molar-refractivity contribution is 5.81. The Kier molecular flexibility index (Phi) is 5.08. The molecule has 24 heavy (non-hydrogen) atoms. The monoisotopic (exact) mass is 333 g/mol. The van der Waals surface area contributed by atoms with Gasteiger partial charge in [0.05, 0.1) is 12.4 Å². The van der Waals surface area contributed by atoms with Gasteiger partial charge in [-0.25, -0.2) is 15.0 Å². The summed E-state index contributed by atoms with van der Waals surface area (Å²) in [7, 11) is 0.